The van der Waals surface area contributed by atoms with Crippen molar-refractivity contribution in [1.29, 1.82) is 0 Å². The van der Waals surface area contributed by atoms with Crippen molar-refractivity contribution in [1.82, 2.24) is 4.98 Å². The van der Waals surface area contributed by atoms with Crippen LogP contribution in [-0.4, -0.2) is 16.1 Å². The Bertz CT molecular complexity index is 580. The number of carbonyl (C=O) groups is 1. The van der Waals surface area contributed by atoms with Crippen molar-refractivity contribution in [3.8, 4) is 0 Å². The van der Waals surface area contributed by atoms with Crippen LogP contribution in [0.2, 0.25) is 0 Å². The van der Waals surface area contributed by atoms with E-state index in [0.29, 0.717) is 0 Å². The molecule has 0 radical (unpaired) electrons. The van der Waals surface area contributed by atoms with E-state index in [1.807, 2.05) is 50.4 Å². The predicted octanol–water partition coefficient (Wildman–Crippen LogP) is 3.88. The average Bonchev–Trinajstić information content (AvgIpc) is 2.74. The second-order valence-corrected chi connectivity index (χ2v) is 6.82. The van der Waals surface area contributed by atoms with Gasteiger partial charge in [-0.15, -0.1) is 11.3 Å². The first kappa shape index (κ1) is 14.1. The van der Waals surface area contributed by atoms with Gasteiger partial charge in [0, 0.05) is 16.8 Å². The van der Waals surface area contributed by atoms with Crippen LogP contribution < -0.4 is 5.32 Å². The molecule has 2 rings (SSSR count). The zero-order valence-electron chi connectivity index (χ0n) is 11.1. The molecule has 19 heavy (non-hydrogen) atoms. The monoisotopic (exact) mass is 292 g/mol. The summed E-state index contributed by atoms with van der Waals surface area (Å²) in [4.78, 5) is 16.4. The fraction of sp³-hybridized carbons (Fsp3) is 0.286. The van der Waals surface area contributed by atoms with E-state index in [1.165, 1.54) is 11.8 Å². The maximum absolute atomic E-state index is 12.1. The van der Waals surface area contributed by atoms with E-state index in [2.05, 4.69) is 10.3 Å². The Morgan fingerprint density at radius 3 is 2.84 bits per heavy atom. The lowest BCUT2D eigenvalue weighted by Gasteiger charge is -2.10. The van der Waals surface area contributed by atoms with Gasteiger partial charge in [-0.3, -0.25) is 4.79 Å². The van der Waals surface area contributed by atoms with Gasteiger partial charge in [0.2, 0.25) is 5.91 Å². The molecule has 1 atom stereocenters. The highest BCUT2D eigenvalue weighted by Gasteiger charge is 2.16. The van der Waals surface area contributed by atoms with Crippen LogP contribution in [-0.2, 0) is 4.79 Å². The van der Waals surface area contributed by atoms with Crippen LogP contribution in [0, 0.1) is 13.8 Å². The summed E-state index contributed by atoms with van der Waals surface area (Å²) < 4.78 is 0.935. The molecule has 0 spiro atoms. The van der Waals surface area contributed by atoms with Crippen molar-refractivity contribution in [3.05, 3.63) is 40.9 Å². The number of thiazole rings is 1. The molecule has 0 bridgehead atoms. The number of hydrogen-bond acceptors (Lipinski definition) is 4. The van der Waals surface area contributed by atoms with E-state index in [-0.39, 0.29) is 11.2 Å². The Hall–Kier alpha value is -1.33. The van der Waals surface area contributed by atoms with Gasteiger partial charge in [-0.1, -0.05) is 23.9 Å². The minimum absolute atomic E-state index is 0.00320. The van der Waals surface area contributed by atoms with Crippen LogP contribution in [0.25, 0.3) is 0 Å². The summed E-state index contributed by atoms with van der Waals surface area (Å²) in [5.41, 5.74) is 2.97. The van der Waals surface area contributed by atoms with Gasteiger partial charge in [-0.2, -0.15) is 0 Å². The van der Waals surface area contributed by atoms with E-state index >= 15 is 0 Å². The van der Waals surface area contributed by atoms with Crippen molar-refractivity contribution < 1.29 is 4.79 Å². The number of amides is 1. The van der Waals surface area contributed by atoms with Crippen LogP contribution in [0.4, 0.5) is 5.69 Å². The molecule has 0 saturated heterocycles. The number of anilines is 1. The first-order chi connectivity index (χ1) is 9.04. The lowest BCUT2D eigenvalue weighted by molar-refractivity contribution is -0.115. The molecule has 0 aliphatic heterocycles. The molecule has 1 amide bonds. The summed E-state index contributed by atoms with van der Waals surface area (Å²) in [6, 6.07) is 7.80. The fourth-order valence-electron chi connectivity index (χ4n) is 1.56. The second kappa shape index (κ2) is 6.21. The minimum atomic E-state index is -0.161. The van der Waals surface area contributed by atoms with Gasteiger partial charge in [0.25, 0.3) is 0 Å². The lowest BCUT2D eigenvalue weighted by Crippen LogP contribution is -2.22. The Balaban J connectivity index is 1.96. The van der Waals surface area contributed by atoms with E-state index in [4.69, 9.17) is 0 Å². The van der Waals surface area contributed by atoms with E-state index in [0.717, 1.165) is 21.3 Å². The van der Waals surface area contributed by atoms with Gasteiger partial charge in [0.15, 0.2) is 4.34 Å². The number of nitrogens with one attached hydrogen (secondary N) is 1. The van der Waals surface area contributed by atoms with Gasteiger partial charge in [0.1, 0.15) is 0 Å². The molecule has 2 aromatic rings. The van der Waals surface area contributed by atoms with Crippen LogP contribution in [0.1, 0.15) is 18.2 Å². The van der Waals surface area contributed by atoms with Crippen molar-refractivity contribution >= 4 is 34.7 Å². The first-order valence-corrected chi connectivity index (χ1v) is 7.77. The lowest BCUT2D eigenvalue weighted by atomic mass is 10.2. The number of thioether (sulfide) groups is 1. The number of hydrogen-bond donors (Lipinski definition) is 1. The summed E-state index contributed by atoms with van der Waals surface area (Å²) in [5.74, 6) is 0.00320. The standard InChI is InChI=1S/C14H16N2OS2/c1-9-5-4-6-12(7-9)16-13(17)11(3)19-14-15-10(2)8-18-14/h4-8,11H,1-3H3,(H,16,17)/t11-/m0/s1. The SMILES string of the molecule is Cc1cccc(NC(=O)[C@H](C)Sc2nc(C)cs2)c1. The fourth-order valence-corrected chi connectivity index (χ4v) is 3.54. The zero-order valence-corrected chi connectivity index (χ0v) is 12.8. The maximum atomic E-state index is 12.1. The largest absolute Gasteiger partial charge is 0.325 e. The Morgan fingerprint density at radius 1 is 1.42 bits per heavy atom. The normalized spacial score (nSPS) is 12.2. The highest BCUT2D eigenvalue weighted by atomic mass is 32.2. The molecule has 0 unspecified atom stereocenters. The number of aryl methyl sites for hydroxylation is 2. The Labute approximate surface area is 121 Å². The van der Waals surface area contributed by atoms with Gasteiger partial charge in [-0.05, 0) is 38.5 Å². The molecule has 0 aliphatic rings. The van der Waals surface area contributed by atoms with Gasteiger partial charge < -0.3 is 5.32 Å². The number of nitrogens with zero attached hydrogens (tertiary/aromatic N) is 1. The molecule has 0 saturated carbocycles. The minimum Gasteiger partial charge on any atom is -0.325 e. The van der Waals surface area contributed by atoms with Gasteiger partial charge >= 0.3 is 0 Å². The molecule has 5 heteroatoms. The van der Waals surface area contributed by atoms with Crippen molar-refractivity contribution in [2.45, 2.75) is 30.4 Å². The summed E-state index contributed by atoms with van der Waals surface area (Å²) in [7, 11) is 0. The summed E-state index contributed by atoms with van der Waals surface area (Å²) in [5, 5.41) is 4.76. The average molecular weight is 292 g/mol. The Kier molecular flexibility index (Phi) is 4.61. The first-order valence-electron chi connectivity index (χ1n) is 6.01. The summed E-state index contributed by atoms with van der Waals surface area (Å²) in [6.45, 7) is 5.86. The molecule has 100 valence electrons. The van der Waals surface area contributed by atoms with Crippen LogP contribution >= 0.6 is 23.1 Å². The highest BCUT2D eigenvalue weighted by molar-refractivity contribution is 8.02. The topological polar surface area (TPSA) is 42.0 Å². The molecular formula is C14H16N2OS2. The van der Waals surface area contributed by atoms with Crippen LogP contribution in [0.15, 0.2) is 34.0 Å². The molecule has 3 nitrogen and oxygen atoms in total. The van der Waals surface area contributed by atoms with Crippen molar-refractivity contribution in [2.24, 2.45) is 0 Å². The molecule has 1 heterocycles. The highest BCUT2D eigenvalue weighted by Crippen LogP contribution is 2.27. The summed E-state index contributed by atoms with van der Waals surface area (Å²) >= 11 is 3.07. The van der Waals surface area contributed by atoms with Gasteiger partial charge in [-0.25, -0.2) is 4.98 Å². The molecule has 1 aromatic heterocycles. The van der Waals surface area contributed by atoms with Gasteiger partial charge in [0.05, 0.1) is 5.25 Å². The van der Waals surface area contributed by atoms with Crippen molar-refractivity contribution in [3.63, 3.8) is 0 Å². The molecular weight excluding hydrogens is 276 g/mol. The number of benzene rings is 1. The third-order valence-corrected chi connectivity index (χ3v) is 4.72. The van der Waals surface area contributed by atoms with E-state index in [1.54, 1.807) is 11.3 Å². The molecule has 0 fully saturated rings. The predicted molar refractivity (Wildman–Crippen MR) is 82.0 cm³/mol. The number of rotatable bonds is 4. The maximum Gasteiger partial charge on any atom is 0.237 e. The van der Waals surface area contributed by atoms with E-state index in [9.17, 15) is 4.79 Å². The second-order valence-electron chi connectivity index (χ2n) is 4.37. The van der Waals surface area contributed by atoms with E-state index < -0.39 is 0 Å². The van der Waals surface area contributed by atoms with Crippen molar-refractivity contribution in [2.75, 3.05) is 5.32 Å². The van der Waals surface area contributed by atoms with Crippen LogP contribution in [0.3, 0.4) is 0 Å². The zero-order chi connectivity index (χ0) is 13.8. The number of carbonyl (C=O) groups excluding carboxylic acids is 1. The third-order valence-electron chi connectivity index (χ3n) is 2.53. The molecule has 0 aliphatic carbocycles. The van der Waals surface area contributed by atoms with Crippen LogP contribution in [0.5, 0.6) is 0 Å². The smallest absolute Gasteiger partial charge is 0.237 e. The molecule has 1 N–H and O–H groups in total. The quantitative estimate of drug-likeness (QED) is 0.870. The molecule has 1 aromatic carbocycles. The third kappa shape index (κ3) is 4.08. The summed E-state index contributed by atoms with van der Waals surface area (Å²) in [6.07, 6.45) is 0. The number of aromatic nitrogens is 1. The Morgan fingerprint density at radius 2 is 2.21 bits per heavy atom.